The summed E-state index contributed by atoms with van der Waals surface area (Å²) in [5.74, 6) is -0.510. The lowest BCUT2D eigenvalue weighted by molar-refractivity contribution is 0.0698. The molecule has 1 saturated heterocycles. The molecule has 1 aliphatic rings. The summed E-state index contributed by atoms with van der Waals surface area (Å²) < 4.78 is 0. The number of nitrogens with one attached hydrogen (secondary N) is 1. The smallest absolute Gasteiger partial charge is 0.338 e. The third-order valence-corrected chi connectivity index (χ3v) is 4.66. The number of carbonyl (C=O) groups is 2. The third-order valence-electron chi connectivity index (χ3n) is 3.83. The van der Waals surface area contributed by atoms with Gasteiger partial charge in [-0.1, -0.05) is 0 Å². The molecule has 0 saturated carbocycles. The number of likely N-dealkylation sites (tertiary alicyclic amines) is 1. The first-order chi connectivity index (χ1) is 9.97. The van der Waals surface area contributed by atoms with Crippen LogP contribution in [0.4, 0.5) is 9.80 Å². The Hall–Kier alpha value is -1.60. The van der Waals surface area contributed by atoms with Crippen LogP contribution in [-0.2, 0) is 0 Å². The molecule has 0 unspecified atom stereocenters. The quantitative estimate of drug-likeness (QED) is 0.894. The molecule has 0 atom stereocenters. The van der Waals surface area contributed by atoms with Crippen LogP contribution in [-0.4, -0.2) is 60.6 Å². The van der Waals surface area contributed by atoms with Crippen molar-refractivity contribution in [2.75, 3.05) is 39.0 Å². The summed E-state index contributed by atoms with van der Waals surface area (Å²) in [5, 5.41) is 13.8. The highest BCUT2D eigenvalue weighted by Gasteiger charge is 2.21. The zero-order valence-electron chi connectivity index (χ0n) is 12.3. The van der Waals surface area contributed by atoms with Crippen LogP contribution in [0.25, 0.3) is 0 Å². The first-order valence-electron chi connectivity index (χ1n) is 6.99. The number of amides is 2. The van der Waals surface area contributed by atoms with E-state index < -0.39 is 5.97 Å². The van der Waals surface area contributed by atoms with Crippen LogP contribution in [0, 0.1) is 5.92 Å². The van der Waals surface area contributed by atoms with Crippen molar-refractivity contribution in [2.45, 2.75) is 12.8 Å². The number of nitrogens with zero attached hydrogens (tertiary/aromatic N) is 2. The summed E-state index contributed by atoms with van der Waals surface area (Å²) in [6.45, 7) is 2.83. The van der Waals surface area contributed by atoms with Crippen LogP contribution in [0.1, 0.15) is 23.2 Å². The molecule has 2 N–H and O–H groups in total. The van der Waals surface area contributed by atoms with E-state index in [-0.39, 0.29) is 11.6 Å². The number of carboxylic acids is 1. The zero-order chi connectivity index (χ0) is 15.4. The normalized spacial score (nSPS) is 16.7. The number of urea groups is 1. The molecular weight excluding hydrogens is 290 g/mol. The lowest BCUT2D eigenvalue weighted by atomic mass is 9.97. The highest BCUT2D eigenvalue weighted by Crippen LogP contribution is 2.24. The average Bonchev–Trinajstić information content (AvgIpc) is 2.89. The minimum atomic E-state index is -1.02. The SMILES string of the molecule is CN1CCC(CN(C)C(=O)Nc2sccc2C(=O)O)CC1. The summed E-state index contributed by atoms with van der Waals surface area (Å²) >= 11 is 1.22. The number of thiophene rings is 1. The van der Waals surface area contributed by atoms with Gasteiger partial charge in [-0.05, 0) is 50.3 Å². The van der Waals surface area contributed by atoms with Gasteiger partial charge in [0.15, 0.2) is 0 Å². The Labute approximate surface area is 128 Å². The molecule has 0 radical (unpaired) electrons. The summed E-state index contributed by atoms with van der Waals surface area (Å²) in [6, 6.07) is 1.25. The maximum Gasteiger partial charge on any atom is 0.338 e. The molecular formula is C14H21N3O3S. The van der Waals surface area contributed by atoms with Crippen LogP contribution >= 0.6 is 11.3 Å². The van der Waals surface area contributed by atoms with Crippen LogP contribution in [0.2, 0.25) is 0 Å². The van der Waals surface area contributed by atoms with E-state index >= 15 is 0 Å². The van der Waals surface area contributed by atoms with Crippen LogP contribution in [0.5, 0.6) is 0 Å². The van der Waals surface area contributed by atoms with Crippen molar-refractivity contribution in [3.05, 3.63) is 17.0 Å². The number of anilines is 1. The summed E-state index contributed by atoms with van der Waals surface area (Å²) in [5.41, 5.74) is 0.140. The van der Waals surface area contributed by atoms with Crippen molar-refractivity contribution < 1.29 is 14.7 Å². The molecule has 7 heteroatoms. The monoisotopic (exact) mass is 311 g/mol. The fourth-order valence-corrected chi connectivity index (χ4v) is 3.25. The van der Waals surface area contributed by atoms with E-state index in [0.717, 1.165) is 25.9 Å². The average molecular weight is 311 g/mol. The van der Waals surface area contributed by atoms with Crippen molar-refractivity contribution in [1.29, 1.82) is 0 Å². The van der Waals surface area contributed by atoms with E-state index in [4.69, 9.17) is 5.11 Å². The number of hydrogen-bond acceptors (Lipinski definition) is 4. The van der Waals surface area contributed by atoms with Gasteiger partial charge >= 0.3 is 12.0 Å². The highest BCUT2D eigenvalue weighted by molar-refractivity contribution is 7.14. The van der Waals surface area contributed by atoms with E-state index in [1.54, 1.807) is 17.3 Å². The van der Waals surface area contributed by atoms with Crippen molar-refractivity contribution in [2.24, 2.45) is 5.92 Å². The minimum Gasteiger partial charge on any atom is -0.478 e. The number of aromatic carboxylic acids is 1. The maximum absolute atomic E-state index is 12.1. The molecule has 1 fully saturated rings. The molecule has 0 bridgehead atoms. The lowest BCUT2D eigenvalue weighted by Crippen LogP contribution is -2.39. The predicted octanol–water partition coefficient (Wildman–Crippen LogP) is 2.25. The molecule has 0 aromatic carbocycles. The highest BCUT2D eigenvalue weighted by atomic mass is 32.1. The van der Waals surface area contributed by atoms with Gasteiger partial charge in [0, 0.05) is 13.6 Å². The zero-order valence-corrected chi connectivity index (χ0v) is 13.2. The molecule has 1 aromatic heterocycles. The Bertz CT molecular complexity index is 509. The summed E-state index contributed by atoms with van der Waals surface area (Å²) in [4.78, 5) is 27.1. The molecule has 21 heavy (non-hydrogen) atoms. The van der Waals surface area contributed by atoms with Crippen molar-refractivity contribution >= 4 is 28.3 Å². The molecule has 0 aliphatic carbocycles. The standard InChI is InChI=1S/C14H21N3O3S/c1-16-6-3-10(4-7-16)9-17(2)14(20)15-12-11(13(18)19)5-8-21-12/h5,8,10H,3-4,6-7,9H2,1-2H3,(H,15,20)(H,18,19). The van der Waals surface area contributed by atoms with E-state index in [1.165, 1.54) is 17.4 Å². The molecule has 2 rings (SSSR count). The number of carbonyl (C=O) groups excluding carboxylic acids is 1. The lowest BCUT2D eigenvalue weighted by Gasteiger charge is -2.31. The summed E-state index contributed by atoms with van der Waals surface area (Å²) in [7, 11) is 3.86. The predicted molar refractivity (Wildman–Crippen MR) is 83.1 cm³/mol. The maximum atomic E-state index is 12.1. The van der Waals surface area contributed by atoms with Crippen LogP contribution < -0.4 is 5.32 Å². The van der Waals surface area contributed by atoms with Crippen molar-refractivity contribution in [1.82, 2.24) is 9.80 Å². The Kier molecular flexibility index (Phi) is 5.19. The van der Waals surface area contributed by atoms with Gasteiger partial charge in [-0.25, -0.2) is 9.59 Å². The second-order valence-electron chi connectivity index (χ2n) is 5.53. The molecule has 1 aliphatic heterocycles. The van der Waals surface area contributed by atoms with Crippen LogP contribution in [0.3, 0.4) is 0 Å². The summed E-state index contributed by atoms with van der Waals surface area (Å²) in [6.07, 6.45) is 2.18. The van der Waals surface area contributed by atoms with Crippen molar-refractivity contribution in [3.8, 4) is 0 Å². The van der Waals surface area contributed by atoms with E-state index in [9.17, 15) is 9.59 Å². The largest absolute Gasteiger partial charge is 0.478 e. The Morgan fingerprint density at radius 1 is 1.48 bits per heavy atom. The first-order valence-corrected chi connectivity index (χ1v) is 7.86. The number of carboxylic acid groups (broad SMARTS) is 1. The minimum absolute atomic E-state index is 0.140. The van der Waals surface area contributed by atoms with Gasteiger partial charge < -0.3 is 14.9 Å². The molecule has 116 valence electrons. The molecule has 6 nitrogen and oxygen atoms in total. The van der Waals surface area contributed by atoms with Gasteiger partial charge in [0.25, 0.3) is 0 Å². The Balaban J connectivity index is 1.87. The molecule has 2 amide bonds. The molecule has 2 heterocycles. The Morgan fingerprint density at radius 2 is 2.14 bits per heavy atom. The van der Waals surface area contributed by atoms with Gasteiger partial charge in [-0.2, -0.15) is 0 Å². The second kappa shape index (κ2) is 6.91. The number of hydrogen-bond donors (Lipinski definition) is 2. The van der Waals surface area contributed by atoms with Gasteiger partial charge in [0.05, 0.1) is 5.56 Å². The van der Waals surface area contributed by atoms with Gasteiger partial charge in [0.1, 0.15) is 5.00 Å². The fraction of sp³-hybridized carbons (Fsp3) is 0.571. The van der Waals surface area contributed by atoms with E-state index in [2.05, 4.69) is 17.3 Å². The van der Waals surface area contributed by atoms with Gasteiger partial charge in [-0.15, -0.1) is 11.3 Å². The number of rotatable bonds is 4. The van der Waals surface area contributed by atoms with E-state index in [0.29, 0.717) is 17.5 Å². The topological polar surface area (TPSA) is 72.9 Å². The molecule has 1 aromatic rings. The number of piperidine rings is 1. The van der Waals surface area contributed by atoms with Gasteiger partial charge in [0.2, 0.25) is 0 Å². The van der Waals surface area contributed by atoms with Gasteiger partial charge in [-0.3, -0.25) is 5.32 Å². The van der Waals surface area contributed by atoms with Crippen molar-refractivity contribution in [3.63, 3.8) is 0 Å². The molecule has 0 spiro atoms. The second-order valence-corrected chi connectivity index (χ2v) is 6.44. The third kappa shape index (κ3) is 4.18. The first kappa shape index (κ1) is 15.8. The fourth-order valence-electron chi connectivity index (χ4n) is 2.48. The van der Waals surface area contributed by atoms with E-state index in [1.807, 2.05) is 0 Å². The Morgan fingerprint density at radius 3 is 2.76 bits per heavy atom. The van der Waals surface area contributed by atoms with Crippen LogP contribution in [0.15, 0.2) is 11.4 Å².